The second-order valence-corrected chi connectivity index (χ2v) is 8.78. The Labute approximate surface area is 181 Å². The quantitative estimate of drug-likeness (QED) is 0.550. The Bertz CT molecular complexity index is 848. The van der Waals surface area contributed by atoms with Crippen molar-refractivity contribution in [3.8, 4) is 0 Å². The van der Waals surface area contributed by atoms with Crippen LogP contribution < -0.4 is 10.6 Å². The summed E-state index contributed by atoms with van der Waals surface area (Å²) in [5, 5.41) is 7.56. The van der Waals surface area contributed by atoms with Gasteiger partial charge in [-0.05, 0) is 16.7 Å². The van der Waals surface area contributed by atoms with Crippen LogP contribution in [-0.4, -0.2) is 36.1 Å². The van der Waals surface area contributed by atoms with E-state index in [4.69, 9.17) is 0 Å². The fourth-order valence-corrected chi connectivity index (χ4v) is 4.37. The first-order chi connectivity index (χ1) is 14.7. The van der Waals surface area contributed by atoms with E-state index in [0.717, 1.165) is 26.2 Å². The molecule has 1 fully saturated rings. The van der Waals surface area contributed by atoms with Gasteiger partial charge in [0.25, 0.3) is 0 Å². The van der Waals surface area contributed by atoms with Crippen molar-refractivity contribution in [2.75, 3.05) is 19.6 Å². The van der Waals surface area contributed by atoms with Crippen LogP contribution in [0.2, 0.25) is 0 Å². The minimum atomic E-state index is 0.0852. The monoisotopic (exact) mass is 399 g/mol. The lowest BCUT2D eigenvalue weighted by atomic mass is 9.84. The summed E-state index contributed by atoms with van der Waals surface area (Å²) in [6, 6.07) is 33.3. The van der Waals surface area contributed by atoms with Crippen LogP contribution in [-0.2, 0) is 6.54 Å². The Morgan fingerprint density at radius 1 is 0.767 bits per heavy atom. The van der Waals surface area contributed by atoms with Crippen molar-refractivity contribution < 1.29 is 0 Å². The van der Waals surface area contributed by atoms with Gasteiger partial charge in [-0.1, -0.05) is 105 Å². The molecule has 2 N–H and O–H groups in total. The van der Waals surface area contributed by atoms with Gasteiger partial charge in [0.05, 0.1) is 11.6 Å². The third-order valence-corrected chi connectivity index (χ3v) is 5.97. The molecule has 1 aliphatic heterocycles. The fourth-order valence-electron chi connectivity index (χ4n) is 4.37. The smallest absolute Gasteiger partial charge is 0.0603 e. The maximum atomic E-state index is 3.89. The van der Waals surface area contributed by atoms with E-state index < -0.39 is 0 Å². The molecule has 0 radical (unpaired) electrons. The molecule has 0 aromatic heterocycles. The summed E-state index contributed by atoms with van der Waals surface area (Å²) in [4.78, 5) is 2.60. The predicted molar refractivity (Wildman–Crippen MR) is 125 cm³/mol. The highest BCUT2D eigenvalue weighted by Gasteiger charge is 2.45. The highest BCUT2D eigenvalue weighted by atomic mass is 15.3. The zero-order valence-corrected chi connectivity index (χ0v) is 18.1. The molecule has 3 aromatic rings. The van der Waals surface area contributed by atoms with Crippen molar-refractivity contribution in [3.63, 3.8) is 0 Å². The zero-order valence-electron chi connectivity index (χ0n) is 18.1. The summed E-state index contributed by atoms with van der Waals surface area (Å²) in [6.07, 6.45) is 0. The zero-order chi connectivity index (χ0) is 20.8. The van der Waals surface area contributed by atoms with Crippen LogP contribution in [0.3, 0.4) is 0 Å². The van der Waals surface area contributed by atoms with E-state index in [9.17, 15) is 0 Å². The average molecular weight is 400 g/mol. The lowest BCUT2D eigenvalue weighted by Gasteiger charge is -2.54. The van der Waals surface area contributed by atoms with E-state index in [0.29, 0.717) is 6.04 Å². The molecule has 0 amide bonds. The molecule has 0 aliphatic carbocycles. The standard InChI is InChI=1S/C27H33N3/c1-22(2)28-19-27(29-18-23-12-6-3-7-13-23)20-30(21-27)26(24-14-8-4-9-15-24)25-16-10-5-11-17-25/h3-17,22,26,28-29H,18-21H2,1-2H3. The Hall–Kier alpha value is -2.46. The molecule has 0 bridgehead atoms. The molecule has 30 heavy (non-hydrogen) atoms. The van der Waals surface area contributed by atoms with Crippen molar-refractivity contribution in [2.24, 2.45) is 0 Å². The Kier molecular flexibility index (Phi) is 6.63. The van der Waals surface area contributed by atoms with Gasteiger partial charge in [-0.2, -0.15) is 0 Å². The van der Waals surface area contributed by atoms with Crippen LogP contribution in [0.4, 0.5) is 0 Å². The Morgan fingerprint density at radius 2 is 1.27 bits per heavy atom. The van der Waals surface area contributed by atoms with Crippen LogP contribution in [0.15, 0.2) is 91.0 Å². The number of nitrogens with one attached hydrogen (secondary N) is 2. The number of hydrogen-bond donors (Lipinski definition) is 2. The maximum Gasteiger partial charge on any atom is 0.0603 e. The van der Waals surface area contributed by atoms with Gasteiger partial charge in [-0.3, -0.25) is 4.90 Å². The first kappa shape index (κ1) is 20.8. The van der Waals surface area contributed by atoms with E-state index in [-0.39, 0.29) is 11.6 Å². The third-order valence-electron chi connectivity index (χ3n) is 5.97. The number of likely N-dealkylation sites (tertiary alicyclic amines) is 1. The summed E-state index contributed by atoms with van der Waals surface area (Å²) < 4.78 is 0. The molecule has 3 aromatic carbocycles. The molecule has 3 nitrogen and oxygen atoms in total. The molecule has 1 heterocycles. The van der Waals surface area contributed by atoms with Crippen LogP contribution in [0, 0.1) is 0 Å². The molecule has 3 heteroatoms. The summed E-state index contributed by atoms with van der Waals surface area (Å²) in [5.41, 5.74) is 4.14. The van der Waals surface area contributed by atoms with Gasteiger partial charge in [0, 0.05) is 32.2 Å². The molecule has 0 unspecified atom stereocenters. The Morgan fingerprint density at radius 3 is 1.77 bits per heavy atom. The highest BCUT2D eigenvalue weighted by Crippen LogP contribution is 2.36. The van der Waals surface area contributed by atoms with Crippen LogP contribution in [0.25, 0.3) is 0 Å². The minimum absolute atomic E-state index is 0.0852. The van der Waals surface area contributed by atoms with Crippen LogP contribution in [0.1, 0.15) is 36.6 Å². The van der Waals surface area contributed by atoms with Crippen molar-refractivity contribution in [1.29, 1.82) is 0 Å². The number of benzene rings is 3. The fraction of sp³-hybridized carbons (Fsp3) is 0.333. The van der Waals surface area contributed by atoms with Crippen molar-refractivity contribution in [1.82, 2.24) is 15.5 Å². The van der Waals surface area contributed by atoms with Gasteiger partial charge in [0.15, 0.2) is 0 Å². The van der Waals surface area contributed by atoms with Gasteiger partial charge in [0.2, 0.25) is 0 Å². The van der Waals surface area contributed by atoms with Crippen molar-refractivity contribution in [3.05, 3.63) is 108 Å². The molecule has 1 saturated heterocycles. The lowest BCUT2D eigenvalue weighted by molar-refractivity contribution is 0.0146. The van der Waals surface area contributed by atoms with E-state index in [1.807, 2.05) is 0 Å². The molecular formula is C27H33N3. The van der Waals surface area contributed by atoms with Crippen LogP contribution >= 0.6 is 0 Å². The predicted octanol–water partition coefficient (Wildman–Crippen LogP) is 4.62. The molecular weight excluding hydrogens is 366 g/mol. The summed E-state index contributed by atoms with van der Waals surface area (Å²) in [5.74, 6) is 0. The second kappa shape index (κ2) is 9.57. The first-order valence-corrected chi connectivity index (χ1v) is 11.0. The first-order valence-electron chi connectivity index (χ1n) is 11.0. The average Bonchev–Trinajstić information content (AvgIpc) is 2.76. The molecule has 1 aliphatic rings. The SMILES string of the molecule is CC(C)NCC1(NCc2ccccc2)CN(C(c2ccccc2)c2ccccc2)C1. The second-order valence-electron chi connectivity index (χ2n) is 8.78. The number of nitrogens with zero attached hydrogens (tertiary/aromatic N) is 1. The minimum Gasteiger partial charge on any atom is -0.313 e. The van der Waals surface area contributed by atoms with E-state index in [1.54, 1.807) is 0 Å². The number of hydrogen-bond acceptors (Lipinski definition) is 3. The van der Waals surface area contributed by atoms with Gasteiger partial charge >= 0.3 is 0 Å². The Balaban J connectivity index is 1.52. The van der Waals surface area contributed by atoms with Crippen molar-refractivity contribution >= 4 is 0 Å². The van der Waals surface area contributed by atoms with Gasteiger partial charge in [0.1, 0.15) is 0 Å². The largest absolute Gasteiger partial charge is 0.313 e. The van der Waals surface area contributed by atoms with Crippen LogP contribution in [0.5, 0.6) is 0 Å². The molecule has 156 valence electrons. The molecule has 0 spiro atoms. The number of rotatable bonds is 9. The molecule has 0 atom stereocenters. The van der Waals surface area contributed by atoms with E-state index in [2.05, 4.69) is 120 Å². The lowest BCUT2D eigenvalue weighted by Crippen LogP contribution is -2.73. The van der Waals surface area contributed by atoms with Crippen molar-refractivity contribution in [2.45, 2.75) is 38.0 Å². The summed E-state index contributed by atoms with van der Waals surface area (Å²) in [7, 11) is 0. The van der Waals surface area contributed by atoms with Gasteiger partial charge < -0.3 is 10.6 Å². The normalized spacial score (nSPS) is 16.0. The molecule has 4 rings (SSSR count). The topological polar surface area (TPSA) is 27.3 Å². The van der Waals surface area contributed by atoms with Gasteiger partial charge in [-0.25, -0.2) is 0 Å². The summed E-state index contributed by atoms with van der Waals surface area (Å²) in [6.45, 7) is 8.36. The van der Waals surface area contributed by atoms with E-state index >= 15 is 0 Å². The maximum absolute atomic E-state index is 3.89. The third kappa shape index (κ3) is 4.99. The molecule has 0 saturated carbocycles. The summed E-state index contributed by atoms with van der Waals surface area (Å²) >= 11 is 0. The van der Waals surface area contributed by atoms with E-state index in [1.165, 1.54) is 16.7 Å². The highest BCUT2D eigenvalue weighted by molar-refractivity contribution is 5.33. The van der Waals surface area contributed by atoms with Gasteiger partial charge in [-0.15, -0.1) is 0 Å².